The normalized spacial score (nSPS) is 14.8. The zero-order valence-electron chi connectivity index (χ0n) is 17.3. The number of hydrogen-bond donors (Lipinski definition) is 1. The average molecular weight is 428 g/mol. The number of nitrogen functional groups attached to an aromatic ring is 1. The van der Waals surface area contributed by atoms with Crippen molar-refractivity contribution in [1.82, 2.24) is 19.7 Å². The van der Waals surface area contributed by atoms with E-state index >= 15 is 0 Å². The molecule has 0 spiro atoms. The molecule has 6 nitrogen and oxygen atoms in total. The summed E-state index contributed by atoms with van der Waals surface area (Å²) in [6.45, 7) is 4.51. The number of nitrogens with zero attached hydrogens (tertiary/aromatic N) is 4. The van der Waals surface area contributed by atoms with Crippen LogP contribution in [0.25, 0.3) is 5.00 Å². The molecule has 0 aliphatic carbocycles. The van der Waals surface area contributed by atoms with Gasteiger partial charge < -0.3 is 10.5 Å². The van der Waals surface area contributed by atoms with Crippen molar-refractivity contribution < 1.29 is 4.74 Å². The summed E-state index contributed by atoms with van der Waals surface area (Å²) < 4.78 is 8.26. The van der Waals surface area contributed by atoms with Crippen LogP contribution in [-0.4, -0.2) is 19.7 Å². The third-order valence-corrected chi connectivity index (χ3v) is 6.49. The van der Waals surface area contributed by atoms with Gasteiger partial charge in [-0.25, -0.2) is 4.98 Å². The van der Waals surface area contributed by atoms with Gasteiger partial charge in [-0.15, -0.1) is 21.5 Å². The molecule has 0 unspecified atom stereocenters. The summed E-state index contributed by atoms with van der Waals surface area (Å²) in [5.74, 6) is 8.78. The number of aromatic nitrogens is 4. The Labute approximate surface area is 184 Å². The molecule has 31 heavy (non-hydrogen) atoms. The number of pyridine rings is 1. The van der Waals surface area contributed by atoms with Gasteiger partial charge in [0.15, 0.2) is 5.82 Å². The number of aryl methyl sites for hydroxylation is 1. The quantitative estimate of drug-likeness (QED) is 0.485. The standard InChI is InChI=1S/C24H21N5OS/c1-15-23-28-27-16(2)29(23)24-20(14-30-15)19(12-17-6-4-3-5-7-17)21(31-24)10-8-18-9-11-22(25)26-13-18/h3-7,9,11,13,15H,12,14H2,1-2H3,(H2,25,26)/t15-/m0/s1. The smallest absolute Gasteiger partial charge is 0.167 e. The predicted octanol–water partition coefficient (Wildman–Crippen LogP) is 4.20. The van der Waals surface area contributed by atoms with Crippen molar-refractivity contribution in [3.05, 3.63) is 87.4 Å². The molecule has 3 aromatic heterocycles. The molecule has 0 bridgehead atoms. The predicted molar refractivity (Wildman–Crippen MR) is 121 cm³/mol. The second kappa shape index (κ2) is 7.99. The van der Waals surface area contributed by atoms with Crippen molar-refractivity contribution >= 4 is 17.2 Å². The van der Waals surface area contributed by atoms with E-state index in [0.717, 1.165) is 39.1 Å². The van der Waals surface area contributed by atoms with Gasteiger partial charge in [0.1, 0.15) is 22.7 Å². The van der Waals surface area contributed by atoms with E-state index in [1.807, 2.05) is 26.0 Å². The fraction of sp³-hybridized carbons (Fsp3) is 0.208. The minimum Gasteiger partial charge on any atom is -0.384 e. The van der Waals surface area contributed by atoms with Crippen LogP contribution in [0, 0.1) is 18.8 Å². The zero-order chi connectivity index (χ0) is 21.4. The molecule has 0 saturated heterocycles. The number of ether oxygens (including phenoxy) is 1. The highest BCUT2D eigenvalue weighted by molar-refractivity contribution is 7.15. The third kappa shape index (κ3) is 3.72. The molecular weight excluding hydrogens is 406 g/mol. The van der Waals surface area contributed by atoms with Crippen molar-refractivity contribution in [2.75, 3.05) is 5.73 Å². The first kappa shape index (κ1) is 19.5. The first-order valence-electron chi connectivity index (χ1n) is 10.1. The van der Waals surface area contributed by atoms with E-state index in [2.05, 4.69) is 55.9 Å². The summed E-state index contributed by atoms with van der Waals surface area (Å²) in [5.41, 5.74) is 10.1. The van der Waals surface area contributed by atoms with E-state index in [0.29, 0.717) is 12.4 Å². The Morgan fingerprint density at radius 1 is 1.16 bits per heavy atom. The number of anilines is 1. The summed E-state index contributed by atoms with van der Waals surface area (Å²) in [4.78, 5) is 5.16. The van der Waals surface area contributed by atoms with Gasteiger partial charge in [-0.2, -0.15) is 0 Å². The van der Waals surface area contributed by atoms with Crippen molar-refractivity contribution in [3.8, 4) is 16.8 Å². The van der Waals surface area contributed by atoms with Crippen LogP contribution in [-0.2, 0) is 17.8 Å². The lowest BCUT2D eigenvalue weighted by molar-refractivity contribution is 0.0493. The minimum atomic E-state index is -0.124. The second-order valence-corrected chi connectivity index (χ2v) is 8.47. The summed E-state index contributed by atoms with van der Waals surface area (Å²) in [5, 5.41) is 9.75. The average Bonchev–Trinajstić information content (AvgIpc) is 3.28. The van der Waals surface area contributed by atoms with Crippen LogP contribution in [0.3, 0.4) is 0 Å². The molecule has 4 aromatic rings. The molecule has 5 rings (SSSR count). The molecule has 1 atom stereocenters. The van der Waals surface area contributed by atoms with Gasteiger partial charge in [0.05, 0.1) is 11.5 Å². The molecule has 7 heteroatoms. The fourth-order valence-corrected chi connectivity index (χ4v) is 4.92. The molecule has 0 radical (unpaired) electrons. The summed E-state index contributed by atoms with van der Waals surface area (Å²) in [6, 6.07) is 14.1. The molecule has 0 saturated carbocycles. The van der Waals surface area contributed by atoms with Crippen LogP contribution in [0.5, 0.6) is 0 Å². The van der Waals surface area contributed by atoms with Crippen LogP contribution in [0.2, 0.25) is 0 Å². The SMILES string of the molecule is Cc1nnc2n1-c1sc(C#Cc3ccc(N)nc3)c(Cc3ccccc3)c1CO[C@H]2C. The first-order valence-corrected chi connectivity index (χ1v) is 10.9. The lowest BCUT2D eigenvalue weighted by Crippen LogP contribution is -2.04. The highest BCUT2D eigenvalue weighted by Crippen LogP contribution is 2.39. The van der Waals surface area contributed by atoms with Crippen LogP contribution in [0.4, 0.5) is 5.82 Å². The van der Waals surface area contributed by atoms with Gasteiger partial charge in [-0.1, -0.05) is 42.2 Å². The Hall–Kier alpha value is -3.47. The maximum absolute atomic E-state index is 6.15. The molecule has 0 fully saturated rings. The van der Waals surface area contributed by atoms with E-state index in [1.165, 1.54) is 11.1 Å². The van der Waals surface area contributed by atoms with Crippen molar-refractivity contribution in [2.45, 2.75) is 33.0 Å². The molecule has 154 valence electrons. The van der Waals surface area contributed by atoms with Gasteiger partial charge in [-0.05, 0) is 43.5 Å². The Morgan fingerprint density at radius 2 is 2.00 bits per heavy atom. The summed E-state index contributed by atoms with van der Waals surface area (Å²) >= 11 is 1.66. The van der Waals surface area contributed by atoms with E-state index < -0.39 is 0 Å². The second-order valence-electron chi connectivity index (χ2n) is 7.47. The van der Waals surface area contributed by atoms with Crippen LogP contribution in [0.15, 0.2) is 48.7 Å². The number of thiophene rings is 1. The van der Waals surface area contributed by atoms with Gasteiger partial charge in [0.2, 0.25) is 0 Å². The first-order chi connectivity index (χ1) is 15.1. The summed E-state index contributed by atoms with van der Waals surface area (Å²) in [7, 11) is 0. The molecule has 4 heterocycles. The summed E-state index contributed by atoms with van der Waals surface area (Å²) in [6.07, 6.45) is 2.36. The maximum atomic E-state index is 6.15. The highest BCUT2D eigenvalue weighted by atomic mass is 32.1. The molecule has 1 aliphatic rings. The van der Waals surface area contributed by atoms with Crippen molar-refractivity contribution in [2.24, 2.45) is 0 Å². The third-order valence-electron chi connectivity index (χ3n) is 5.32. The monoisotopic (exact) mass is 427 g/mol. The topological polar surface area (TPSA) is 78.9 Å². The Balaban J connectivity index is 1.66. The van der Waals surface area contributed by atoms with Crippen molar-refractivity contribution in [3.63, 3.8) is 0 Å². The van der Waals surface area contributed by atoms with Gasteiger partial charge >= 0.3 is 0 Å². The van der Waals surface area contributed by atoms with Crippen LogP contribution < -0.4 is 5.73 Å². The largest absolute Gasteiger partial charge is 0.384 e. The number of fused-ring (bicyclic) bond motifs is 3. The Kier molecular flexibility index (Phi) is 5.02. The van der Waals surface area contributed by atoms with Crippen molar-refractivity contribution in [1.29, 1.82) is 0 Å². The molecule has 2 N–H and O–H groups in total. The number of rotatable bonds is 2. The lowest BCUT2D eigenvalue weighted by Gasteiger charge is -2.09. The molecular formula is C24H21N5OS. The van der Waals surface area contributed by atoms with E-state index in [1.54, 1.807) is 23.6 Å². The molecule has 1 aromatic carbocycles. The van der Waals surface area contributed by atoms with E-state index in [-0.39, 0.29) is 6.10 Å². The number of hydrogen-bond acceptors (Lipinski definition) is 6. The fourth-order valence-electron chi connectivity index (χ4n) is 3.69. The maximum Gasteiger partial charge on any atom is 0.167 e. The lowest BCUT2D eigenvalue weighted by atomic mass is 10.0. The Morgan fingerprint density at radius 3 is 2.77 bits per heavy atom. The van der Waals surface area contributed by atoms with Gasteiger partial charge in [0.25, 0.3) is 0 Å². The van der Waals surface area contributed by atoms with E-state index in [9.17, 15) is 0 Å². The van der Waals surface area contributed by atoms with Crippen LogP contribution in [0.1, 0.15) is 51.8 Å². The van der Waals surface area contributed by atoms with Gasteiger partial charge in [0, 0.05) is 17.3 Å². The Bertz CT molecular complexity index is 1300. The molecule has 0 amide bonds. The zero-order valence-corrected chi connectivity index (χ0v) is 18.1. The molecule has 1 aliphatic heterocycles. The number of benzene rings is 1. The van der Waals surface area contributed by atoms with Gasteiger partial charge in [-0.3, -0.25) is 4.57 Å². The number of nitrogens with two attached hydrogens (primary N) is 1. The van der Waals surface area contributed by atoms with Crippen LogP contribution >= 0.6 is 11.3 Å². The van der Waals surface area contributed by atoms with E-state index in [4.69, 9.17) is 10.5 Å². The highest BCUT2D eigenvalue weighted by Gasteiger charge is 2.28. The minimum absolute atomic E-state index is 0.124.